The number of carbonyl (C=O) groups is 2. The maximum absolute atomic E-state index is 12.9. The number of hydrogen-bond acceptors (Lipinski definition) is 8. The van der Waals surface area contributed by atoms with Crippen LogP contribution in [0.4, 0.5) is 5.00 Å². The number of fused-ring (bicyclic) bond motifs is 2. The van der Waals surface area contributed by atoms with Crippen LogP contribution in [-0.4, -0.2) is 44.2 Å². The van der Waals surface area contributed by atoms with E-state index in [1.54, 1.807) is 13.3 Å². The zero-order valence-electron chi connectivity index (χ0n) is 16.3. The van der Waals surface area contributed by atoms with Crippen molar-refractivity contribution in [2.75, 3.05) is 12.4 Å². The highest BCUT2D eigenvalue weighted by Crippen LogP contribution is 2.40. The van der Waals surface area contributed by atoms with Gasteiger partial charge in [0.1, 0.15) is 21.9 Å². The van der Waals surface area contributed by atoms with Crippen molar-refractivity contribution >= 4 is 51.1 Å². The summed E-state index contributed by atoms with van der Waals surface area (Å²) in [7, 11) is 1.37. The van der Waals surface area contributed by atoms with Crippen molar-refractivity contribution in [3.05, 3.63) is 28.7 Å². The van der Waals surface area contributed by atoms with E-state index < -0.39 is 11.2 Å². The number of nitrogens with one attached hydrogen (secondary N) is 2. The fourth-order valence-corrected chi connectivity index (χ4v) is 5.70. The van der Waals surface area contributed by atoms with Gasteiger partial charge in [0, 0.05) is 4.88 Å². The molecule has 0 unspecified atom stereocenters. The highest BCUT2D eigenvalue weighted by molar-refractivity contribution is 8.00. The van der Waals surface area contributed by atoms with Gasteiger partial charge in [0.05, 0.1) is 24.3 Å². The molecular weight excluding hydrogens is 410 g/mol. The van der Waals surface area contributed by atoms with Crippen LogP contribution in [0.5, 0.6) is 0 Å². The molecular formula is C19H21N5O3S2. The Morgan fingerprint density at radius 1 is 1.38 bits per heavy atom. The van der Waals surface area contributed by atoms with Crippen molar-refractivity contribution in [1.29, 1.82) is 0 Å². The average Bonchev–Trinajstić information content (AvgIpc) is 3.31. The van der Waals surface area contributed by atoms with E-state index in [1.807, 2.05) is 0 Å². The molecule has 1 aliphatic rings. The summed E-state index contributed by atoms with van der Waals surface area (Å²) in [5.41, 5.74) is 2.78. The second kappa shape index (κ2) is 8.11. The van der Waals surface area contributed by atoms with E-state index in [0.29, 0.717) is 32.7 Å². The Hall–Kier alpha value is -2.46. The topological polar surface area (TPSA) is 110 Å². The molecule has 0 fully saturated rings. The highest BCUT2D eigenvalue weighted by atomic mass is 32.2. The second-order valence-corrected chi connectivity index (χ2v) is 9.51. The first-order valence-electron chi connectivity index (χ1n) is 9.32. The Labute approximate surface area is 175 Å². The number of amides is 1. The summed E-state index contributed by atoms with van der Waals surface area (Å²) < 4.78 is 4.99. The number of H-pyrrole nitrogens is 1. The average molecular weight is 432 g/mol. The van der Waals surface area contributed by atoms with Crippen LogP contribution in [0.2, 0.25) is 0 Å². The molecule has 3 heterocycles. The smallest absolute Gasteiger partial charge is 0.341 e. The number of aromatic nitrogens is 4. The number of ether oxygens (including phenoxy) is 1. The Morgan fingerprint density at radius 2 is 2.21 bits per heavy atom. The quantitative estimate of drug-likeness (QED) is 0.362. The maximum atomic E-state index is 12.9. The number of hydrogen-bond donors (Lipinski definition) is 2. The molecule has 0 saturated carbocycles. The van der Waals surface area contributed by atoms with Gasteiger partial charge < -0.3 is 15.0 Å². The van der Waals surface area contributed by atoms with Crippen LogP contribution >= 0.6 is 23.1 Å². The molecule has 3 aromatic rings. The summed E-state index contributed by atoms with van der Waals surface area (Å²) in [4.78, 5) is 41.9. The number of thiophene rings is 1. The Bertz CT molecular complexity index is 1080. The third-order valence-corrected chi connectivity index (χ3v) is 7.25. The second-order valence-electron chi connectivity index (χ2n) is 7.08. The molecule has 2 atom stereocenters. The number of methoxy groups -OCH3 is 1. The van der Waals surface area contributed by atoms with Gasteiger partial charge in [-0.15, -0.1) is 11.3 Å². The third-order valence-electron chi connectivity index (χ3n) is 4.98. The minimum absolute atomic E-state index is 0.196. The number of thioether (sulfide) groups is 1. The van der Waals surface area contributed by atoms with Gasteiger partial charge in [-0.3, -0.25) is 4.79 Å². The van der Waals surface area contributed by atoms with E-state index in [2.05, 4.69) is 32.2 Å². The van der Waals surface area contributed by atoms with Gasteiger partial charge in [-0.05, 0) is 37.7 Å². The van der Waals surface area contributed by atoms with Crippen LogP contribution in [0.15, 0.2) is 17.7 Å². The van der Waals surface area contributed by atoms with Crippen LogP contribution in [0, 0.1) is 5.92 Å². The van der Waals surface area contributed by atoms with Crippen LogP contribution in [0.25, 0.3) is 11.2 Å². The van der Waals surface area contributed by atoms with Crippen molar-refractivity contribution in [2.24, 2.45) is 5.92 Å². The summed E-state index contributed by atoms with van der Waals surface area (Å²) in [6.45, 7) is 4.01. The van der Waals surface area contributed by atoms with E-state index in [9.17, 15) is 9.59 Å². The molecule has 0 spiro atoms. The van der Waals surface area contributed by atoms with E-state index in [0.717, 1.165) is 29.7 Å². The predicted molar refractivity (Wildman–Crippen MR) is 112 cm³/mol. The Balaban J connectivity index is 1.56. The third kappa shape index (κ3) is 3.86. The number of esters is 1. The van der Waals surface area contributed by atoms with Gasteiger partial charge in [-0.25, -0.2) is 19.7 Å². The number of nitrogens with zero attached hydrogens (tertiary/aromatic N) is 3. The number of imidazole rings is 1. The summed E-state index contributed by atoms with van der Waals surface area (Å²) in [5.74, 6) is -0.0278. The molecule has 1 amide bonds. The summed E-state index contributed by atoms with van der Waals surface area (Å²) >= 11 is 2.80. The van der Waals surface area contributed by atoms with Crippen molar-refractivity contribution in [2.45, 2.75) is 43.4 Å². The monoisotopic (exact) mass is 431 g/mol. The van der Waals surface area contributed by atoms with Crippen molar-refractivity contribution in [1.82, 2.24) is 19.9 Å². The van der Waals surface area contributed by atoms with Crippen molar-refractivity contribution in [3.8, 4) is 0 Å². The fraction of sp³-hybridized carbons (Fsp3) is 0.421. The van der Waals surface area contributed by atoms with E-state index in [-0.39, 0.29) is 5.91 Å². The highest BCUT2D eigenvalue weighted by Gasteiger charge is 2.30. The number of rotatable bonds is 5. The van der Waals surface area contributed by atoms with Crippen LogP contribution in [-0.2, 0) is 22.4 Å². The van der Waals surface area contributed by atoms with Gasteiger partial charge in [0.15, 0.2) is 5.65 Å². The first-order chi connectivity index (χ1) is 14.0. The molecule has 0 saturated heterocycles. The van der Waals surface area contributed by atoms with Crippen molar-refractivity contribution in [3.63, 3.8) is 0 Å². The first kappa shape index (κ1) is 19.8. The molecule has 10 heteroatoms. The fourth-order valence-electron chi connectivity index (χ4n) is 3.42. The lowest BCUT2D eigenvalue weighted by atomic mass is 9.88. The standard InChI is InChI=1S/C19H21N5O3S2/c1-9-4-5-11-12(6-9)29-17(13(11)19(26)27-3)24-16(25)10(2)28-18-14-15(21-7-20-14)22-8-23-18/h7-10H,4-6H2,1-3H3,(H,24,25)(H,20,21,22,23)/t9-,10-/m1/s1. The summed E-state index contributed by atoms with van der Waals surface area (Å²) in [6, 6.07) is 0. The zero-order chi connectivity index (χ0) is 20.5. The molecule has 1 aliphatic carbocycles. The van der Waals surface area contributed by atoms with Crippen LogP contribution in [0.3, 0.4) is 0 Å². The molecule has 0 radical (unpaired) electrons. The normalized spacial score (nSPS) is 17.0. The molecule has 0 aliphatic heterocycles. The molecule has 2 N–H and O–H groups in total. The maximum Gasteiger partial charge on any atom is 0.341 e. The van der Waals surface area contributed by atoms with Crippen LogP contribution < -0.4 is 5.32 Å². The molecule has 152 valence electrons. The number of aromatic amines is 1. The number of carbonyl (C=O) groups excluding carboxylic acids is 2. The SMILES string of the molecule is COC(=O)c1c(NC(=O)[C@@H](C)Sc2ncnc3nc[nH]c23)sc2c1CC[C@@H](C)C2. The molecule has 4 rings (SSSR count). The predicted octanol–water partition coefficient (Wildman–Crippen LogP) is 3.45. The molecule has 3 aromatic heterocycles. The Kier molecular flexibility index (Phi) is 5.55. The van der Waals surface area contributed by atoms with Gasteiger partial charge in [-0.2, -0.15) is 0 Å². The van der Waals surface area contributed by atoms with E-state index in [4.69, 9.17) is 4.74 Å². The van der Waals surface area contributed by atoms with Gasteiger partial charge in [0.25, 0.3) is 0 Å². The lowest BCUT2D eigenvalue weighted by Crippen LogP contribution is -2.23. The largest absolute Gasteiger partial charge is 0.465 e. The van der Waals surface area contributed by atoms with Crippen LogP contribution in [0.1, 0.15) is 41.1 Å². The lowest BCUT2D eigenvalue weighted by Gasteiger charge is -2.18. The van der Waals surface area contributed by atoms with Crippen molar-refractivity contribution < 1.29 is 14.3 Å². The van der Waals surface area contributed by atoms with Gasteiger partial charge in [-0.1, -0.05) is 18.7 Å². The Morgan fingerprint density at radius 3 is 3.00 bits per heavy atom. The van der Waals surface area contributed by atoms with E-state index >= 15 is 0 Å². The summed E-state index contributed by atoms with van der Waals surface area (Å²) in [6.07, 6.45) is 5.76. The van der Waals surface area contributed by atoms with Gasteiger partial charge >= 0.3 is 5.97 Å². The van der Waals surface area contributed by atoms with E-state index in [1.165, 1.54) is 36.5 Å². The molecule has 0 aromatic carbocycles. The van der Waals surface area contributed by atoms with Gasteiger partial charge in [0.2, 0.25) is 5.91 Å². The first-order valence-corrected chi connectivity index (χ1v) is 11.0. The number of anilines is 1. The zero-order valence-corrected chi connectivity index (χ0v) is 17.9. The molecule has 8 nitrogen and oxygen atoms in total. The molecule has 29 heavy (non-hydrogen) atoms. The molecule has 0 bridgehead atoms. The minimum Gasteiger partial charge on any atom is -0.465 e. The lowest BCUT2D eigenvalue weighted by molar-refractivity contribution is -0.115. The summed E-state index contributed by atoms with van der Waals surface area (Å²) in [5, 5.41) is 3.75. The minimum atomic E-state index is -0.431.